The molecule has 1 aliphatic heterocycles. The third-order valence-corrected chi connectivity index (χ3v) is 8.95. The molecule has 0 aliphatic carbocycles. The van der Waals surface area contributed by atoms with Gasteiger partial charge in [0.1, 0.15) is 18.1 Å². The number of furan rings is 1. The van der Waals surface area contributed by atoms with Gasteiger partial charge in [0.2, 0.25) is 11.8 Å². The number of carbonyl (C=O) groups is 2. The minimum absolute atomic E-state index is 0.117. The fraction of sp³-hybridized carbons (Fsp3) is 0.167. The maximum atomic E-state index is 13.7. The molecule has 5 aromatic rings. The van der Waals surface area contributed by atoms with E-state index in [-0.39, 0.29) is 35.9 Å². The average molecular weight is 555 g/mol. The van der Waals surface area contributed by atoms with Gasteiger partial charge in [0.15, 0.2) is 0 Å². The maximum absolute atomic E-state index is 13.7. The number of aryl methyl sites for hydroxylation is 1. The molecule has 0 fully saturated rings. The molecule has 2 amide bonds. The molecule has 6 rings (SSSR count). The topological polar surface area (TPSA) is 80.4 Å². The number of nitrogens with one attached hydrogen (secondary N) is 1. The summed E-state index contributed by atoms with van der Waals surface area (Å²) in [5.41, 5.74) is 4.57. The van der Waals surface area contributed by atoms with Crippen LogP contribution in [0.5, 0.6) is 0 Å². The second-order valence-corrected chi connectivity index (χ2v) is 11.3. The number of nitrogens with zero attached hydrogens (tertiary/aromatic N) is 3. The fourth-order valence-corrected chi connectivity index (χ4v) is 6.94. The molecule has 0 bridgehead atoms. The summed E-state index contributed by atoms with van der Waals surface area (Å²) in [5, 5.41) is 9.97. The van der Waals surface area contributed by atoms with Crippen molar-refractivity contribution in [2.75, 3.05) is 17.2 Å². The predicted molar refractivity (Wildman–Crippen MR) is 155 cm³/mol. The Morgan fingerprint density at radius 1 is 1.05 bits per heavy atom. The first-order valence-corrected chi connectivity index (χ1v) is 14.5. The zero-order valence-corrected chi connectivity index (χ0v) is 22.9. The van der Waals surface area contributed by atoms with E-state index in [9.17, 15) is 9.59 Å². The monoisotopic (exact) mass is 554 g/mol. The molecule has 0 saturated carbocycles. The molecule has 3 aromatic heterocycles. The summed E-state index contributed by atoms with van der Waals surface area (Å²) in [5.74, 6) is 1.11. The number of rotatable bonds is 7. The Kier molecular flexibility index (Phi) is 7.08. The number of benzene rings is 2. The molecule has 7 nitrogen and oxygen atoms in total. The minimum Gasteiger partial charge on any atom is -0.467 e. The van der Waals surface area contributed by atoms with Crippen LogP contribution < -0.4 is 10.2 Å². The molecule has 39 heavy (non-hydrogen) atoms. The van der Waals surface area contributed by atoms with Crippen molar-refractivity contribution in [3.05, 3.63) is 112 Å². The van der Waals surface area contributed by atoms with Gasteiger partial charge in [-0.15, -0.1) is 23.1 Å². The highest BCUT2D eigenvalue weighted by Crippen LogP contribution is 2.49. The summed E-state index contributed by atoms with van der Waals surface area (Å²) in [7, 11) is 0. The lowest BCUT2D eigenvalue weighted by Crippen LogP contribution is -2.42. The van der Waals surface area contributed by atoms with Gasteiger partial charge in [0.05, 0.1) is 35.2 Å². The highest BCUT2D eigenvalue weighted by Gasteiger charge is 2.38. The van der Waals surface area contributed by atoms with Crippen LogP contribution in [-0.2, 0) is 16.1 Å². The van der Waals surface area contributed by atoms with Gasteiger partial charge in [-0.3, -0.25) is 14.5 Å². The van der Waals surface area contributed by atoms with Crippen LogP contribution in [0.25, 0.3) is 16.9 Å². The standard InChI is InChI=1S/C30H26N4O3S2/c1-20-9-5-6-13-23(20)34-30-27(28(32-34)21-10-3-2-4-11-21)29(24-14-8-16-38-24)39-19-26(36)33(30)18-25(35)31-17-22-12-7-15-37-22/h2-16,29H,17-19H2,1H3,(H,31,35). The molecular formula is C30H26N4O3S2. The quantitative estimate of drug-likeness (QED) is 0.267. The van der Waals surface area contributed by atoms with Gasteiger partial charge in [-0.2, -0.15) is 5.10 Å². The molecular weight excluding hydrogens is 528 g/mol. The van der Waals surface area contributed by atoms with E-state index in [1.54, 1.807) is 46.4 Å². The van der Waals surface area contributed by atoms with Crippen LogP contribution in [0.3, 0.4) is 0 Å². The number of para-hydroxylation sites is 1. The summed E-state index contributed by atoms with van der Waals surface area (Å²) in [6.07, 6.45) is 1.57. The molecule has 1 aliphatic rings. The molecule has 0 spiro atoms. The zero-order valence-electron chi connectivity index (χ0n) is 21.2. The van der Waals surface area contributed by atoms with Crippen LogP contribution in [0.1, 0.15) is 27.0 Å². The highest BCUT2D eigenvalue weighted by atomic mass is 32.2. The third kappa shape index (κ3) is 5.03. The molecule has 9 heteroatoms. The molecule has 1 atom stereocenters. The first-order valence-electron chi connectivity index (χ1n) is 12.6. The number of thiophene rings is 1. The predicted octanol–water partition coefficient (Wildman–Crippen LogP) is 5.99. The van der Waals surface area contributed by atoms with Gasteiger partial charge in [0.25, 0.3) is 0 Å². The Bertz CT molecular complexity index is 1590. The number of anilines is 1. The van der Waals surface area contributed by atoms with E-state index in [4.69, 9.17) is 9.52 Å². The van der Waals surface area contributed by atoms with Crippen LogP contribution in [0.4, 0.5) is 5.82 Å². The van der Waals surface area contributed by atoms with E-state index in [2.05, 4.69) is 16.8 Å². The van der Waals surface area contributed by atoms with Crippen molar-refractivity contribution in [2.45, 2.75) is 18.7 Å². The van der Waals surface area contributed by atoms with Crippen molar-refractivity contribution >= 4 is 40.7 Å². The van der Waals surface area contributed by atoms with Crippen molar-refractivity contribution in [2.24, 2.45) is 0 Å². The lowest BCUT2D eigenvalue weighted by atomic mass is 10.0. The second kappa shape index (κ2) is 11.0. The van der Waals surface area contributed by atoms with E-state index in [0.29, 0.717) is 11.6 Å². The minimum atomic E-state index is -0.274. The number of hydrogen-bond acceptors (Lipinski definition) is 6. The van der Waals surface area contributed by atoms with Gasteiger partial charge in [-0.05, 0) is 42.1 Å². The summed E-state index contributed by atoms with van der Waals surface area (Å²) >= 11 is 3.24. The molecule has 0 radical (unpaired) electrons. The molecule has 0 saturated heterocycles. The number of fused-ring (bicyclic) bond motifs is 1. The van der Waals surface area contributed by atoms with E-state index in [1.807, 2.05) is 72.3 Å². The Morgan fingerprint density at radius 2 is 1.87 bits per heavy atom. The molecule has 196 valence electrons. The number of amides is 2. The van der Waals surface area contributed by atoms with Gasteiger partial charge in [-0.25, -0.2) is 4.68 Å². The van der Waals surface area contributed by atoms with Crippen molar-refractivity contribution in [3.8, 4) is 16.9 Å². The number of aromatic nitrogens is 2. The van der Waals surface area contributed by atoms with E-state index in [1.165, 1.54) is 0 Å². The fourth-order valence-electron chi connectivity index (χ4n) is 4.76. The van der Waals surface area contributed by atoms with Gasteiger partial charge in [-0.1, -0.05) is 54.6 Å². The first kappa shape index (κ1) is 25.2. The molecule has 1 N–H and O–H groups in total. The summed E-state index contributed by atoms with van der Waals surface area (Å²) in [6.45, 7) is 2.14. The second-order valence-electron chi connectivity index (χ2n) is 9.19. The summed E-state index contributed by atoms with van der Waals surface area (Å²) in [4.78, 5) is 29.7. The maximum Gasteiger partial charge on any atom is 0.240 e. The largest absolute Gasteiger partial charge is 0.467 e. The van der Waals surface area contributed by atoms with E-state index >= 15 is 0 Å². The Morgan fingerprint density at radius 3 is 2.62 bits per heavy atom. The van der Waals surface area contributed by atoms with Crippen LogP contribution in [0, 0.1) is 6.92 Å². The van der Waals surface area contributed by atoms with Gasteiger partial charge >= 0.3 is 0 Å². The number of carbonyl (C=O) groups excluding carboxylic acids is 2. The lowest BCUT2D eigenvalue weighted by molar-refractivity contribution is -0.123. The Hall–Kier alpha value is -4.08. The Balaban J connectivity index is 1.53. The van der Waals surface area contributed by atoms with E-state index in [0.717, 1.165) is 32.9 Å². The number of thioether (sulfide) groups is 1. The molecule has 1 unspecified atom stereocenters. The van der Waals surface area contributed by atoms with Crippen LogP contribution in [0.2, 0.25) is 0 Å². The van der Waals surface area contributed by atoms with Crippen molar-refractivity contribution in [3.63, 3.8) is 0 Å². The zero-order chi connectivity index (χ0) is 26.8. The number of hydrogen-bond donors (Lipinski definition) is 1. The third-order valence-electron chi connectivity index (χ3n) is 6.62. The summed E-state index contributed by atoms with van der Waals surface area (Å²) in [6, 6.07) is 25.7. The highest BCUT2D eigenvalue weighted by molar-refractivity contribution is 8.00. The van der Waals surface area contributed by atoms with E-state index < -0.39 is 0 Å². The first-order chi connectivity index (χ1) is 19.1. The van der Waals surface area contributed by atoms with Crippen molar-refractivity contribution < 1.29 is 14.0 Å². The summed E-state index contributed by atoms with van der Waals surface area (Å²) < 4.78 is 7.20. The van der Waals surface area contributed by atoms with Crippen molar-refractivity contribution in [1.29, 1.82) is 0 Å². The molecule has 4 heterocycles. The van der Waals surface area contributed by atoms with Gasteiger partial charge in [0, 0.05) is 16.0 Å². The van der Waals surface area contributed by atoms with Crippen LogP contribution >= 0.6 is 23.1 Å². The SMILES string of the molecule is Cc1ccccc1-n1nc(-c2ccccc2)c2c1N(CC(=O)NCc1ccco1)C(=O)CSC2c1cccs1. The van der Waals surface area contributed by atoms with Crippen LogP contribution in [-0.4, -0.2) is 33.9 Å². The normalized spacial score (nSPS) is 15.2. The van der Waals surface area contributed by atoms with Crippen molar-refractivity contribution in [1.82, 2.24) is 15.1 Å². The smallest absolute Gasteiger partial charge is 0.240 e. The Labute approximate surface area is 234 Å². The average Bonchev–Trinajstić information content (AvgIpc) is 3.73. The lowest BCUT2D eigenvalue weighted by Gasteiger charge is -2.23. The van der Waals surface area contributed by atoms with Crippen LogP contribution in [0.15, 0.2) is 94.9 Å². The van der Waals surface area contributed by atoms with Gasteiger partial charge < -0.3 is 9.73 Å². The molecule has 2 aromatic carbocycles.